The van der Waals surface area contributed by atoms with Crippen molar-refractivity contribution >= 4 is 35.0 Å². The zero-order valence-electron chi connectivity index (χ0n) is 11.1. The number of nitro benzene ring substituents is 1. The predicted octanol–water partition coefficient (Wildman–Crippen LogP) is 4.04. The Labute approximate surface area is 130 Å². The number of nitrogens with zero attached hydrogens (tertiary/aromatic N) is 1. The van der Waals surface area contributed by atoms with Crippen molar-refractivity contribution in [2.24, 2.45) is 0 Å². The van der Waals surface area contributed by atoms with Crippen molar-refractivity contribution in [1.29, 1.82) is 0 Å². The first-order chi connectivity index (χ1) is 10.5. The number of amides is 1. The number of benzene rings is 2. The highest BCUT2D eigenvalue weighted by Crippen LogP contribution is 2.19. The van der Waals surface area contributed by atoms with Gasteiger partial charge in [0.2, 0.25) is 5.91 Å². The van der Waals surface area contributed by atoms with Crippen molar-refractivity contribution in [2.75, 3.05) is 5.32 Å². The largest absolute Gasteiger partial charge is 0.322 e. The SMILES string of the molecule is O=C(C=Cc1ccc([N+](=O)[O-])cc1)Nc1ccc(F)c(Cl)c1. The first-order valence-electron chi connectivity index (χ1n) is 6.14. The van der Waals surface area contributed by atoms with Crippen LogP contribution in [0.4, 0.5) is 15.8 Å². The Balaban J connectivity index is 2.01. The number of nitrogens with one attached hydrogen (secondary N) is 1. The number of non-ortho nitro benzene ring substituents is 1. The Morgan fingerprint density at radius 2 is 1.91 bits per heavy atom. The molecule has 0 spiro atoms. The van der Waals surface area contributed by atoms with Gasteiger partial charge in [-0.05, 0) is 42.0 Å². The molecule has 22 heavy (non-hydrogen) atoms. The minimum atomic E-state index is -0.568. The molecule has 0 heterocycles. The van der Waals surface area contributed by atoms with E-state index in [-0.39, 0.29) is 10.7 Å². The van der Waals surface area contributed by atoms with E-state index in [1.165, 1.54) is 48.6 Å². The molecule has 112 valence electrons. The second-order valence-corrected chi connectivity index (χ2v) is 4.71. The van der Waals surface area contributed by atoms with E-state index in [4.69, 9.17) is 11.6 Å². The fraction of sp³-hybridized carbons (Fsp3) is 0. The van der Waals surface area contributed by atoms with Crippen LogP contribution in [0.25, 0.3) is 6.08 Å². The lowest BCUT2D eigenvalue weighted by Gasteiger charge is -2.03. The van der Waals surface area contributed by atoms with Crippen LogP contribution in [-0.2, 0) is 4.79 Å². The lowest BCUT2D eigenvalue weighted by Crippen LogP contribution is -2.07. The highest BCUT2D eigenvalue weighted by atomic mass is 35.5. The summed E-state index contributed by atoms with van der Waals surface area (Å²) in [6, 6.07) is 9.58. The van der Waals surface area contributed by atoms with E-state index in [0.717, 1.165) is 6.07 Å². The highest BCUT2D eigenvalue weighted by Gasteiger charge is 2.04. The monoisotopic (exact) mass is 320 g/mol. The number of carbonyl (C=O) groups excluding carboxylic acids is 1. The zero-order chi connectivity index (χ0) is 16.1. The molecular formula is C15H10ClFN2O3. The predicted molar refractivity (Wildman–Crippen MR) is 82.2 cm³/mol. The second-order valence-electron chi connectivity index (χ2n) is 4.30. The van der Waals surface area contributed by atoms with Crippen LogP contribution in [0.1, 0.15) is 5.56 Å². The second kappa shape index (κ2) is 6.82. The maximum atomic E-state index is 13.0. The average Bonchev–Trinajstić information content (AvgIpc) is 2.49. The van der Waals surface area contributed by atoms with Crippen LogP contribution in [0.5, 0.6) is 0 Å². The summed E-state index contributed by atoms with van der Waals surface area (Å²) < 4.78 is 13.0. The van der Waals surface area contributed by atoms with Crippen molar-refractivity contribution in [3.05, 3.63) is 75.1 Å². The summed E-state index contributed by atoms with van der Waals surface area (Å²) >= 11 is 5.61. The third kappa shape index (κ3) is 4.13. The van der Waals surface area contributed by atoms with Crippen LogP contribution in [0.3, 0.4) is 0 Å². The van der Waals surface area contributed by atoms with Gasteiger partial charge in [0.05, 0.1) is 9.95 Å². The van der Waals surface area contributed by atoms with E-state index < -0.39 is 16.6 Å². The van der Waals surface area contributed by atoms with Crippen molar-refractivity contribution in [1.82, 2.24) is 0 Å². The van der Waals surface area contributed by atoms with E-state index in [2.05, 4.69) is 5.32 Å². The average molecular weight is 321 g/mol. The fourth-order valence-corrected chi connectivity index (χ4v) is 1.82. The molecule has 2 aromatic rings. The molecule has 2 rings (SSSR count). The Hall–Kier alpha value is -2.73. The minimum Gasteiger partial charge on any atom is -0.322 e. The lowest BCUT2D eigenvalue weighted by molar-refractivity contribution is -0.384. The summed E-state index contributed by atoms with van der Waals surface area (Å²) in [6.07, 6.45) is 2.77. The molecule has 0 fully saturated rings. The lowest BCUT2D eigenvalue weighted by atomic mass is 10.2. The Kier molecular flexibility index (Phi) is 4.85. The van der Waals surface area contributed by atoms with E-state index in [1.807, 2.05) is 0 Å². The molecule has 1 amide bonds. The quantitative estimate of drug-likeness (QED) is 0.525. The summed E-state index contributed by atoms with van der Waals surface area (Å²) in [5.74, 6) is -0.998. The van der Waals surface area contributed by atoms with Gasteiger partial charge in [0.25, 0.3) is 5.69 Å². The molecule has 5 nitrogen and oxygen atoms in total. The van der Waals surface area contributed by atoms with Gasteiger partial charge in [-0.3, -0.25) is 14.9 Å². The Morgan fingerprint density at radius 3 is 2.50 bits per heavy atom. The zero-order valence-corrected chi connectivity index (χ0v) is 11.9. The fourth-order valence-electron chi connectivity index (χ4n) is 1.64. The topological polar surface area (TPSA) is 72.2 Å². The molecule has 0 aliphatic heterocycles. The number of nitro groups is 1. The molecule has 1 N–H and O–H groups in total. The molecule has 0 aromatic heterocycles. The molecule has 0 aliphatic rings. The molecule has 0 aliphatic carbocycles. The van der Waals surface area contributed by atoms with Crippen LogP contribution in [-0.4, -0.2) is 10.8 Å². The number of hydrogen-bond acceptors (Lipinski definition) is 3. The van der Waals surface area contributed by atoms with E-state index in [1.54, 1.807) is 0 Å². The summed E-state index contributed by atoms with van der Waals surface area (Å²) in [4.78, 5) is 21.7. The van der Waals surface area contributed by atoms with E-state index >= 15 is 0 Å². The van der Waals surface area contributed by atoms with Gasteiger partial charge in [0.15, 0.2) is 0 Å². The van der Waals surface area contributed by atoms with Gasteiger partial charge in [-0.25, -0.2) is 4.39 Å². The van der Waals surface area contributed by atoms with Gasteiger partial charge in [0, 0.05) is 23.9 Å². The number of anilines is 1. The van der Waals surface area contributed by atoms with Gasteiger partial charge in [0.1, 0.15) is 5.82 Å². The van der Waals surface area contributed by atoms with Crippen molar-refractivity contribution in [2.45, 2.75) is 0 Å². The minimum absolute atomic E-state index is 0.0254. The van der Waals surface area contributed by atoms with Gasteiger partial charge < -0.3 is 5.32 Å². The van der Waals surface area contributed by atoms with Gasteiger partial charge in [-0.2, -0.15) is 0 Å². The third-order valence-electron chi connectivity index (χ3n) is 2.72. The number of hydrogen-bond donors (Lipinski definition) is 1. The van der Waals surface area contributed by atoms with Crippen LogP contribution in [0.2, 0.25) is 5.02 Å². The van der Waals surface area contributed by atoms with E-state index in [9.17, 15) is 19.3 Å². The molecule has 2 aromatic carbocycles. The molecular weight excluding hydrogens is 311 g/mol. The van der Waals surface area contributed by atoms with Crippen LogP contribution < -0.4 is 5.32 Å². The molecule has 7 heteroatoms. The molecule has 0 saturated heterocycles. The highest BCUT2D eigenvalue weighted by molar-refractivity contribution is 6.31. The van der Waals surface area contributed by atoms with Gasteiger partial charge in [-0.15, -0.1) is 0 Å². The number of carbonyl (C=O) groups is 1. The first kappa shape index (κ1) is 15.7. The summed E-state index contributed by atoms with van der Waals surface area (Å²) in [6.45, 7) is 0. The van der Waals surface area contributed by atoms with Gasteiger partial charge >= 0.3 is 0 Å². The van der Waals surface area contributed by atoms with E-state index in [0.29, 0.717) is 11.3 Å². The Bertz CT molecular complexity index is 745. The summed E-state index contributed by atoms with van der Waals surface area (Å²) in [7, 11) is 0. The van der Waals surface area contributed by atoms with Crippen molar-refractivity contribution in [3.63, 3.8) is 0 Å². The standard InChI is InChI=1S/C15H10ClFN2O3/c16-13-9-11(4-7-14(13)17)18-15(20)8-3-10-1-5-12(6-2-10)19(21)22/h1-9H,(H,18,20). The number of halogens is 2. The molecule has 0 saturated carbocycles. The van der Waals surface area contributed by atoms with Crippen molar-refractivity contribution < 1.29 is 14.1 Å². The van der Waals surface area contributed by atoms with Crippen LogP contribution in [0.15, 0.2) is 48.5 Å². The van der Waals surface area contributed by atoms with Crippen molar-refractivity contribution in [3.8, 4) is 0 Å². The maximum absolute atomic E-state index is 13.0. The maximum Gasteiger partial charge on any atom is 0.269 e. The number of rotatable bonds is 4. The normalized spacial score (nSPS) is 10.6. The first-order valence-corrected chi connectivity index (χ1v) is 6.52. The summed E-state index contributed by atoms with van der Waals surface area (Å²) in [5.41, 5.74) is 0.977. The van der Waals surface area contributed by atoms with Crippen LogP contribution in [0, 0.1) is 15.9 Å². The molecule has 0 radical (unpaired) electrons. The molecule has 0 atom stereocenters. The summed E-state index contributed by atoms with van der Waals surface area (Å²) in [5, 5.41) is 13.0. The molecule has 0 unspecified atom stereocenters. The Morgan fingerprint density at radius 1 is 1.23 bits per heavy atom. The smallest absolute Gasteiger partial charge is 0.269 e. The van der Waals surface area contributed by atoms with Crippen LogP contribution >= 0.6 is 11.6 Å². The van der Waals surface area contributed by atoms with Gasteiger partial charge in [-0.1, -0.05) is 11.6 Å². The molecule has 0 bridgehead atoms. The third-order valence-corrected chi connectivity index (χ3v) is 3.01.